The van der Waals surface area contributed by atoms with Crippen molar-refractivity contribution >= 4 is 121 Å². The molecule has 0 amide bonds. The lowest BCUT2D eigenvalue weighted by molar-refractivity contribution is 0.00841. The van der Waals surface area contributed by atoms with Crippen molar-refractivity contribution in [3.05, 3.63) is 222 Å². The molecule has 0 radical (unpaired) electrons. The van der Waals surface area contributed by atoms with Gasteiger partial charge in [-0.25, -0.2) is 64.2 Å². The molecule has 4 atom stereocenters. The molecular weight excluding hydrogens is 1230 g/mol. The van der Waals surface area contributed by atoms with Crippen LogP contribution in [-0.4, -0.2) is 92.2 Å². The molecule has 25 heteroatoms. The zero-order valence-electron chi connectivity index (χ0n) is 50.5. The maximum atomic E-state index is 5.25. The number of fused-ring (bicyclic) bond motifs is 5. The summed E-state index contributed by atoms with van der Waals surface area (Å²) >= 11 is 6.51. The second-order valence-corrected chi connectivity index (χ2v) is 25.9. The van der Waals surface area contributed by atoms with Gasteiger partial charge in [0.25, 0.3) is 0 Å². The normalized spacial score (nSPS) is 14.3. The molecule has 1 saturated heterocycles. The minimum Gasteiger partial charge on any atom is -0.380 e. The highest BCUT2D eigenvalue weighted by molar-refractivity contribution is 7.17. The Morgan fingerprint density at radius 1 is 0.413 bits per heavy atom. The van der Waals surface area contributed by atoms with Gasteiger partial charge in [-0.3, -0.25) is 0 Å². The van der Waals surface area contributed by atoms with Crippen LogP contribution in [0.4, 0.5) is 23.3 Å². The molecule has 17 rings (SSSR count). The molecule has 11 aromatic heterocycles. The lowest BCUT2D eigenvalue weighted by Gasteiger charge is -2.26. The molecule has 0 bridgehead atoms. The Balaban J connectivity index is 0.000000107. The molecule has 1 saturated carbocycles. The van der Waals surface area contributed by atoms with Crippen LogP contribution in [0.2, 0.25) is 0 Å². The third kappa shape index (κ3) is 13.4. The van der Waals surface area contributed by atoms with Crippen LogP contribution in [0.3, 0.4) is 0 Å². The summed E-state index contributed by atoms with van der Waals surface area (Å²) in [6.45, 7) is 10.2. The van der Waals surface area contributed by atoms with Crippen LogP contribution in [0.5, 0.6) is 0 Å². The number of aromatic nitrogens is 16. The minimum atomic E-state index is 0.137. The average molecular weight is 1290 g/mol. The van der Waals surface area contributed by atoms with Crippen molar-refractivity contribution in [2.24, 2.45) is 0 Å². The Morgan fingerprint density at radius 3 is 1.15 bits per heavy atom. The van der Waals surface area contributed by atoms with Crippen LogP contribution in [0, 0.1) is 0 Å². The maximum Gasteiger partial charge on any atom is 0.138 e. The smallest absolute Gasteiger partial charge is 0.138 e. The van der Waals surface area contributed by atoms with Crippen molar-refractivity contribution in [3.63, 3.8) is 0 Å². The number of ether oxygens (including phenoxy) is 1. The van der Waals surface area contributed by atoms with Gasteiger partial charge in [0.15, 0.2) is 0 Å². The summed E-state index contributed by atoms with van der Waals surface area (Å²) in [6, 6.07) is 41.3. The summed E-state index contributed by atoms with van der Waals surface area (Å²) in [7, 11) is 0. The average Bonchev–Trinajstić information content (AvgIpc) is 2.19. The van der Waals surface area contributed by atoms with Gasteiger partial charge in [-0.15, -0.1) is 45.3 Å². The van der Waals surface area contributed by atoms with Gasteiger partial charge >= 0.3 is 0 Å². The first-order chi connectivity index (χ1) is 45.2. The summed E-state index contributed by atoms with van der Waals surface area (Å²) in [4.78, 5) is 51.2. The number of thiophene rings is 4. The predicted molar refractivity (Wildman–Crippen MR) is 369 cm³/mol. The van der Waals surface area contributed by atoms with Crippen LogP contribution in [0.15, 0.2) is 194 Å². The fourth-order valence-electron chi connectivity index (χ4n) is 10.7. The minimum absolute atomic E-state index is 0.137. The fourth-order valence-corrected chi connectivity index (χ4v) is 13.7. The van der Waals surface area contributed by atoms with Gasteiger partial charge in [0.1, 0.15) is 93.2 Å². The van der Waals surface area contributed by atoms with Crippen molar-refractivity contribution in [1.82, 2.24) is 79.0 Å². The molecular formula is C67H62N20OS4. The van der Waals surface area contributed by atoms with Crippen molar-refractivity contribution in [1.29, 1.82) is 0 Å². The summed E-state index contributed by atoms with van der Waals surface area (Å²) in [5, 5.41) is 34.6. The van der Waals surface area contributed by atoms with Gasteiger partial charge in [-0.05, 0) is 151 Å². The number of hydrogen-bond donors (Lipinski definition) is 4. The van der Waals surface area contributed by atoms with Gasteiger partial charge in [-0.2, -0.15) is 10.2 Å². The van der Waals surface area contributed by atoms with Gasteiger partial charge in [-0.1, -0.05) is 54.6 Å². The third-order valence-electron chi connectivity index (χ3n) is 16.2. The third-order valence-corrected chi connectivity index (χ3v) is 19.5. The van der Waals surface area contributed by atoms with E-state index in [1.165, 1.54) is 58.8 Å². The van der Waals surface area contributed by atoms with Gasteiger partial charge in [0.05, 0.1) is 69.5 Å². The zero-order valence-corrected chi connectivity index (χ0v) is 53.7. The SMILES string of the molecule is CC(Nc1ncnc2sccc12)c1ccc(-n2cncn2)cc1.CC(Nc1ncnc2sccc12)c1ccc(-n2cncn2)cc1.CC(Nc1ncnc2sccc12)c1ccc(C2COC2)cc1.CC(Nc1ncnc2sccc12)c1ccc2c(c1)ncn2C1CC1. The molecule has 2 aliphatic rings. The van der Waals surface area contributed by atoms with Crippen molar-refractivity contribution in [3.8, 4) is 11.4 Å². The van der Waals surface area contributed by atoms with E-state index in [4.69, 9.17) is 4.74 Å². The molecule has 2 fully saturated rings. The van der Waals surface area contributed by atoms with E-state index in [0.29, 0.717) is 12.0 Å². The van der Waals surface area contributed by atoms with Gasteiger partial charge < -0.3 is 30.6 Å². The van der Waals surface area contributed by atoms with E-state index in [2.05, 4.69) is 197 Å². The van der Waals surface area contributed by atoms with Crippen LogP contribution in [-0.2, 0) is 4.74 Å². The van der Waals surface area contributed by atoms with Crippen molar-refractivity contribution < 1.29 is 4.74 Å². The standard InChI is InChI=1S/C18H17N5S.C17H17N3OS.2C16H14N6S/c1-11(22-17-14-6-7-24-18(14)20-9-19-17)12-2-5-16-15(8-12)21-10-23(16)13-3-4-13;1-11(12-2-4-13(5-3-12)14-8-21-9-14)20-16-15-6-7-22-17(15)19-10-18-16;2*1-11(21-15-14-6-7-23-16(14)19-9-18-15)12-2-4-13(5-3-12)22-10-17-8-20-22/h2,5-11,13H,3-4H2,1H3,(H,19,20,22);2-7,10-11,14H,8-9H2,1H3,(H,18,19,20);2*2-11H,1H3,(H,18,19,21). The van der Waals surface area contributed by atoms with Gasteiger partial charge in [0.2, 0.25) is 0 Å². The van der Waals surface area contributed by atoms with Crippen molar-refractivity contribution in [2.45, 2.75) is 76.7 Å². The van der Waals surface area contributed by atoms with Crippen LogP contribution < -0.4 is 21.3 Å². The predicted octanol–water partition coefficient (Wildman–Crippen LogP) is 15.4. The van der Waals surface area contributed by atoms with E-state index in [0.717, 1.165) is 94.2 Å². The summed E-state index contributed by atoms with van der Waals surface area (Å²) in [5.41, 5.74) is 10.5. The molecule has 1 aliphatic heterocycles. The van der Waals surface area contributed by atoms with Crippen LogP contribution >= 0.6 is 45.3 Å². The number of benzene rings is 4. The second kappa shape index (κ2) is 27.2. The van der Waals surface area contributed by atoms with E-state index < -0.39 is 0 Å². The molecule has 4 aromatic carbocycles. The lowest BCUT2D eigenvalue weighted by Crippen LogP contribution is -2.25. The lowest BCUT2D eigenvalue weighted by atomic mass is 9.95. The van der Waals surface area contributed by atoms with Crippen LogP contribution in [0.1, 0.15) is 104 Å². The first-order valence-electron chi connectivity index (χ1n) is 30.1. The second-order valence-electron chi connectivity index (χ2n) is 22.3. The molecule has 0 spiro atoms. The Hall–Kier alpha value is -10.1. The largest absolute Gasteiger partial charge is 0.380 e. The van der Waals surface area contributed by atoms with E-state index >= 15 is 0 Å². The fraction of sp³-hybridized carbons (Fsp3) is 0.209. The van der Waals surface area contributed by atoms with E-state index in [1.54, 1.807) is 92.7 Å². The Bertz CT molecular complexity index is 4710. The van der Waals surface area contributed by atoms with E-state index in [1.807, 2.05) is 64.2 Å². The Labute approximate surface area is 544 Å². The van der Waals surface area contributed by atoms with E-state index in [-0.39, 0.29) is 24.2 Å². The topological polar surface area (TPSA) is 240 Å². The number of hydrogen-bond acceptors (Lipinski definition) is 22. The molecule has 21 nitrogen and oxygen atoms in total. The maximum absolute atomic E-state index is 5.25. The van der Waals surface area contributed by atoms with Gasteiger partial charge in [0, 0.05) is 30.1 Å². The molecule has 4 unspecified atom stereocenters. The molecule has 4 N–H and O–H groups in total. The Morgan fingerprint density at radius 2 is 0.793 bits per heavy atom. The molecule has 92 heavy (non-hydrogen) atoms. The molecule has 1 aliphatic carbocycles. The number of nitrogens with one attached hydrogen (secondary N) is 4. The molecule has 15 aromatic rings. The number of nitrogens with zero attached hydrogens (tertiary/aromatic N) is 16. The first kappa shape index (κ1) is 59.6. The highest BCUT2D eigenvalue weighted by atomic mass is 32.1. The van der Waals surface area contributed by atoms with E-state index in [9.17, 15) is 0 Å². The molecule has 460 valence electrons. The number of rotatable bonds is 16. The Kier molecular flexibility index (Phi) is 17.6. The summed E-state index contributed by atoms with van der Waals surface area (Å²) in [5.74, 6) is 4.09. The highest BCUT2D eigenvalue weighted by Gasteiger charge is 2.25. The zero-order chi connectivity index (χ0) is 62.3. The first-order valence-corrected chi connectivity index (χ1v) is 33.6. The number of imidazole rings is 1. The quantitative estimate of drug-likeness (QED) is 0.0703. The monoisotopic (exact) mass is 1290 g/mol. The summed E-state index contributed by atoms with van der Waals surface area (Å²) < 4.78 is 11.0. The van der Waals surface area contributed by atoms with Crippen molar-refractivity contribution in [2.75, 3.05) is 34.5 Å². The highest BCUT2D eigenvalue weighted by Crippen LogP contribution is 2.38. The summed E-state index contributed by atoms with van der Waals surface area (Å²) in [6.07, 6.45) is 17.4. The van der Waals surface area contributed by atoms with Crippen LogP contribution in [0.25, 0.3) is 63.3 Å². The number of anilines is 4. The molecule has 12 heterocycles.